The molecule has 0 fully saturated rings. The van der Waals surface area contributed by atoms with Gasteiger partial charge in [0.05, 0.1) is 0 Å². The lowest BCUT2D eigenvalue weighted by atomic mass is 9.59. The highest BCUT2D eigenvalue weighted by molar-refractivity contribution is 5.98. The van der Waals surface area contributed by atoms with Gasteiger partial charge >= 0.3 is 0 Å². The SMILES string of the molecule is CC(C)c1ccc2c(c1)C(C)(C)c1ccc(C(C)(C)C)cc1C2(C)C.CC(C)c1ccc2cc3cc(C(C)(C)C)ccc3cc2c1. The predicted octanol–water partition coefficient (Wildman–Crippen LogP) is 13.5. The molecular formula is C46H58. The van der Waals surface area contributed by atoms with Crippen LogP contribution < -0.4 is 0 Å². The zero-order chi connectivity index (χ0) is 34.0. The number of fused-ring (bicyclic) bond motifs is 4. The van der Waals surface area contributed by atoms with Gasteiger partial charge in [0.1, 0.15) is 0 Å². The van der Waals surface area contributed by atoms with Crippen LogP contribution in [0.2, 0.25) is 0 Å². The Hall–Kier alpha value is -3.38. The Labute approximate surface area is 280 Å². The van der Waals surface area contributed by atoms with E-state index < -0.39 is 0 Å². The molecule has 1 aliphatic carbocycles. The topological polar surface area (TPSA) is 0 Å². The molecule has 0 saturated carbocycles. The molecule has 0 nitrogen and oxygen atoms in total. The fraction of sp³-hybridized carbons (Fsp3) is 0.435. The van der Waals surface area contributed by atoms with Crippen LogP contribution in [-0.2, 0) is 21.7 Å². The maximum Gasteiger partial charge on any atom is 0.0152 e. The highest BCUT2D eigenvalue weighted by Gasteiger charge is 2.42. The fourth-order valence-electron chi connectivity index (χ4n) is 7.19. The molecule has 5 aromatic carbocycles. The Balaban J connectivity index is 0.000000184. The van der Waals surface area contributed by atoms with E-state index in [0.29, 0.717) is 11.8 Å². The summed E-state index contributed by atoms with van der Waals surface area (Å²) in [6.45, 7) is 32.3. The Kier molecular flexibility index (Phi) is 8.64. The molecule has 0 spiro atoms. The van der Waals surface area contributed by atoms with E-state index in [9.17, 15) is 0 Å². The fourth-order valence-corrected chi connectivity index (χ4v) is 7.19. The minimum absolute atomic E-state index is 0.0386. The average Bonchev–Trinajstić information content (AvgIpc) is 2.97. The second-order valence-electron chi connectivity index (χ2n) is 17.6. The molecule has 0 saturated heterocycles. The smallest absolute Gasteiger partial charge is 0.0152 e. The van der Waals surface area contributed by atoms with Crippen molar-refractivity contribution in [1.29, 1.82) is 0 Å². The van der Waals surface area contributed by atoms with Crippen molar-refractivity contribution in [3.05, 3.63) is 129 Å². The summed E-state index contributed by atoms with van der Waals surface area (Å²) in [6, 6.07) is 32.7. The van der Waals surface area contributed by atoms with Crippen molar-refractivity contribution >= 4 is 21.5 Å². The van der Waals surface area contributed by atoms with Gasteiger partial charge in [-0.1, -0.05) is 170 Å². The second kappa shape index (κ2) is 11.7. The predicted molar refractivity (Wildman–Crippen MR) is 204 cm³/mol. The van der Waals surface area contributed by atoms with Crippen molar-refractivity contribution in [2.45, 2.75) is 130 Å². The first kappa shape index (κ1) is 34.0. The quantitative estimate of drug-likeness (QED) is 0.174. The van der Waals surface area contributed by atoms with Crippen LogP contribution >= 0.6 is 0 Å². The van der Waals surface area contributed by atoms with Crippen molar-refractivity contribution in [3.8, 4) is 0 Å². The van der Waals surface area contributed by atoms with Gasteiger partial charge in [0.2, 0.25) is 0 Å². The van der Waals surface area contributed by atoms with E-state index in [4.69, 9.17) is 0 Å². The van der Waals surface area contributed by atoms with Crippen molar-refractivity contribution < 1.29 is 0 Å². The molecule has 5 aromatic rings. The number of rotatable bonds is 2. The zero-order valence-corrected chi connectivity index (χ0v) is 31.2. The van der Waals surface area contributed by atoms with Crippen LogP contribution in [0.1, 0.15) is 153 Å². The Morgan fingerprint density at radius 1 is 0.391 bits per heavy atom. The van der Waals surface area contributed by atoms with Crippen LogP contribution in [0.15, 0.2) is 84.9 Å². The molecule has 0 atom stereocenters. The van der Waals surface area contributed by atoms with Crippen molar-refractivity contribution in [2.24, 2.45) is 0 Å². The minimum Gasteiger partial charge on any atom is -0.0587 e. The molecule has 0 heterocycles. The van der Waals surface area contributed by atoms with Gasteiger partial charge < -0.3 is 0 Å². The standard InChI is InChI=1S/C25H34.C21H24/c1-16(2)17-10-12-19-21(14-17)24(6,7)20-13-11-18(23(3,4)5)15-22(20)25(19,8)9;1-14(2)15-6-7-16-12-19-13-20(21(3,4)5)9-8-17(19)11-18(16)10-15/h10-16H,1-9H3;6-14H,1-5H3. The van der Waals surface area contributed by atoms with E-state index in [1.807, 2.05) is 0 Å². The summed E-state index contributed by atoms with van der Waals surface area (Å²) in [5.74, 6) is 1.14. The maximum absolute atomic E-state index is 2.47. The first-order valence-corrected chi connectivity index (χ1v) is 17.5. The lowest BCUT2D eigenvalue weighted by molar-refractivity contribution is 0.513. The third kappa shape index (κ3) is 6.30. The van der Waals surface area contributed by atoms with E-state index in [-0.39, 0.29) is 21.7 Å². The van der Waals surface area contributed by atoms with Crippen LogP contribution in [0.3, 0.4) is 0 Å². The largest absolute Gasteiger partial charge is 0.0587 e. The van der Waals surface area contributed by atoms with Crippen LogP contribution in [0.25, 0.3) is 21.5 Å². The monoisotopic (exact) mass is 610 g/mol. The first-order chi connectivity index (χ1) is 21.2. The van der Waals surface area contributed by atoms with Gasteiger partial charge in [0.15, 0.2) is 0 Å². The number of benzene rings is 5. The van der Waals surface area contributed by atoms with Gasteiger partial charge in [-0.2, -0.15) is 0 Å². The molecule has 46 heavy (non-hydrogen) atoms. The molecule has 0 aromatic heterocycles. The Morgan fingerprint density at radius 2 is 0.783 bits per heavy atom. The summed E-state index contributed by atoms with van der Waals surface area (Å²) in [5, 5.41) is 5.35. The Bertz CT molecular complexity index is 1890. The summed E-state index contributed by atoms with van der Waals surface area (Å²) < 4.78 is 0. The highest BCUT2D eigenvalue weighted by atomic mass is 14.5. The maximum atomic E-state index is 2.47. The molecule has 6 rings (SSSR count). The number of hydrogen-bond donors (Lipinski definition) is 0. The van der Waals surface area contributed by atoms with Crippen LogP contribution in [0.4, 0.5) is 0 Å². The molecule has 0 amide bonds. The second-order valence-corrected chi connectivity index (χ2v) is 17.6. The number of hydrogen-bond acceptors (Lipinski definition) is 0. The molecule has 0 N–H and O–H groups in total. The molecule has 242 valence electrons. The molecule has 0 unspecified atom stereocenters. The van der Waals surface area contributed by atoms with Crippen molar-refractivity contribution in [1.82, 2.24) is 0 Å². The summed E-state index contributed by atoms with van der Waals surface area (Å²) in [6.07, 6.45) is 0. The normalized spacial score (nSPS) is 15.5. The minimum atomic E-state index is 0.0386. The van der Waals surface area contributed by atoms with Crippen LogP contribution in [0.5, 0.6) is 0 Å². The van der Waals surface area contributed by atoms with Gasteiger partial charge in [-0.3, -0.25) is 0 Å². The molecule has 0 aliphatic heterocycles. The van der Waals surface area contributed by atoms with E-state index >= 15 is 0 Å². The van der Waals surface area contributed by atoms with E-state index in [2.05, 4.69) is 182 Å². The summed E-state index contributed by atoms with van der Waals surface area (Å²) >= 11 is 0. The summed E-state index contributed by atoms with van der Waals surface area (Å²) in [5.41, 5.74) is 12.1. The van der Waals surface area contributed by atoms with Crippen molar-refractivity contribution in [2.75, 3.05) is 0 Å². The van der Waals surface area contributed by atoms with Gasteiger partial charge in [-0.25, -0.2) is 0 Å². The Morgan fingerprint density at radius 3 is 1.30 bits per heavy atom. The van der Waals surface area contributed by atoms with Crippen LogP contribution in [-0.4, -0.2) is 0 Å². The average molecular weight is 611 g/mol. The first-order valence-electron chi connectivity index (χ1n) is 17.5. The molecule has 0 radical (unpaired) electrons. The zero-order valence-electron chi connectivity index (χ0n) is 31.2. The lowest BCUT2D eigenvalue weighted by Crippen LogP contribution is -2.37. The van der Waals surface area contributed by atoms with E-state index in [1.54, 1.807) is 0 Å². The third-order valence-electron chi connectivity index (χ3n) is 10.6. The molecular weight excluding hydrogens is 553 g/mol. The van der Waals surface area contributed by atoms with Gasteiger partial charge in [0, 0.05) is 10.8 Å². The molecule has 0 heteroatoms. The van der Waals surface area contributed by atoms with Gasteiger partial charge in [-0.15, -0.1) is 0 Å². The van der Waals surface area contributed by atoms with E-state index in [0.717, 1.165) is 0 Å². The molecule has 1 aliphatic rings. The van der Waals surface area contributed by atoms with Crippen molar-refractivity contribution in [3.63, 3.8) is 0 Å². The van der Waals surface area contributed by atoms with E-state index in [1.165, 1.54) is 66.1 Å². The summed E-state index contributed by atoms with van der Waals surface area (Å²) in [4.78, 5) is 0. The summed E-state index contributed by atoms with van der Waals surface area (Å²) in [7, 11) is 0. The lowest BCUT2D eigenvalue weighted by Gasteiger charge is -2.45. The van der Waals surface area contributed by atoms with Gasteiger partial charge in [-0.05, 0) is 101 Å². The third-order valence-corrected chi connectivity index (χ3v) is 10.6. The van der Waals surface area contributed by atoms with Gasteiger partial charge in [0.25, 0.3) is 0 Å². The highest BCUT2D eigenvalue weighted by Crippen LogP contribution is 2.51. The van der Waals surface area contributed by atoms with Crippen LogP contribution in [0, 0.1) is 0 Å². The molecule has 0 bridgehead atoms.